The van der Waals surface area contributed by atoms with Crippen LogP contribution < -0.4 is 14.8 Å². The summed E-state index contributed by atoms with van der Waals surface area (Å²) >= 11 is 0. The van der Waals surface area contributed by atoms with Crippen LogP contribution in [0.1, 0.15) is 51.1 Å². The fourth-order valence-corrected chi connectivity index (χ4v) is 5.44. The Balaban J connectivity index is 1.17. The second-order valence-electron chi connectivity index (χ2n) is 10.1. The van der Waals surface area contributed by atoms with Crippen LogP contribution in [0.15, 0.2) is 60.8 Å². The lowest BCUT2D eigenvalue weighted by atomic mass is 9.74. The number of nitrogens with one attached hydrogen (secondary N) is 1. The average molecular weight is 540 g/mol. The molecular formula is C29H28F3N3O4. The van der Waals surface area contributed by atoms with Crippen molar-refractivity contribution in [3.05, 3.63) is 83.0 Å². The van der Waals surface area contributed by atoms with Gasteiger partial charge < -0.3 is 19.7 Å². The van der Waals surface area contributed by atoms with Crippen LogP contribution in [-0.4, -0.2) is 47.9 Å². The SMILES string of the molecule is COc1ncc(C(=O)N2CC3(CCCC3NC(=O)c3ccc(Oc4ccc(C(F)(F)F)cc4)cc3)C2)cc1C. The van der Waals surface area contributed by atoms with Crippen LogP contribution in [0.5, 0.6) is 17.4 Å². The number of hydrogen-bond donors (Lipinski definition) is 1. The number of alkyl halides is 3. The maximum absolute atomic E-state index is 13.0. The molecule has 1 saturated heterocycles. The molecule has 5 rings (SSSR count). The third-order valence-corrected chi connectivity index (χ3v) is 7.52. The number of aryl methyl sites for hydroxylation is 1. The Morgan fingerprint density at radius 2 is 1.67 bits per heavy atom. The summed E-state index contributed by atoms with van der Waals surface area (Å²) in [5, 5.41) is 3.15. The predicted octanol–water partition coefficient (Wildman–Crippen LogP) is 5.63. The van der Waals surface area contributed by atoms with E-state index in [-0.39, 0.29) is 29.0 Å². The number of aromatic nitrogens is 1. The van der Waals surface area contributed by atoms with Crippen molar-refractivity contribution in [2.24, 2.45) is 5.41 Å². The molecule has 1 atom stereocenters. The minimum Gasteiger partial charge on any atom is -0.481 e. The maximum atomic E-state index is 13.0. The molecule has 1 aliphatic carbocycles. The Morgan fingerprint density at radius 1 is 1.03 bits per heavy atom. The van der Waals surface area contributed by atoms with Crippen LogP contribution in [0, 0.1) is 12.3 Å². The van der Waals surface area contributed by atoms with Crippen molar-refractivity contribution in [1.82, 2.24) is 15.2 Å². The third-order valence-electron chi connectivity index (χ3n) is 7.52. The van der Waals surface area contributed by atoms with Crippen molar-refractivity contribution < 1.29 is 32.2 Å². The van der Waals surface area contributed by atoms with Gasteiger partial charge in [0.15, 0.2) is 0 Å². The largest absolute Gasteiger partial charge is 0.481 e. The minimum absolute atomic E-state index is 0.0483. The molecule has 2 fully saturated rings. The standard InChI is InChI=1S/C29H28F3N3O4/c1-18-14-20(15-33-26(18)38-2)27(37)35-16-28(17-35)13-3-4-24(28)34-25(36)19-5-9-22(10-6-19)39-23-11-7-21(8-12-23)29(30,31)32/h5-12,14-15,24H,3-4,13,16-17H2,1-2H3,(H,34,36). The highest BCUT2D eigenvalue weighted by Gasteiger charge is 2.53. The Kier molecular flexibility index (Phi) is 6.96. The number of carbonyl (C=O) groups is 2. The second-order valence-corrected chi connectivity index (χ2v) is 10.1. The van der Waals surface area contributed by atoms with E-state index in [2.05, 4.69) is 10.3 Å². The molecule has 2 amide bonds. The summed E-state index contributed by atoms with van der Waals surface area (Å²) in [6.07, 6.45) is -0.145. The van der Waals surface area contributed by atoms with Crippen LogP contribution in [0.4, 0.5) is 13.2 Å². The molecule has 1 spiro atoms. The van der Waals surface area contributed by atoms with Gasteiger partial charge in [-0.05, 0) is 74.4 Å². The molecule has 1 aromatic heterocycles. The zero-order valence-electron chi connectivity index (χ0n) is 21.5. The first-order chi connectivity index (χ1) is 18.6. The van der Waals surface area contributed by atoms with E-state index >= 15 is 0 Å². The van der Waals surface area contributed by atoms with Gasteiger partial charge in [-0.15, -0.1) is 0 Å². The zero-order chi connectivity index (χ0) is 27.8. The monoisotopic (exact) mass is 539 g/mol. The lowest BCUT2D eigenvalue weighted by Gasteiger charge is -2.51. The fourth-order valence-electron chi connectivity index (χ4n) is 5.44. The van der Waals surface area contributed by atoms with Crippen molar-refractivity contribution in [2.45, 2.75) is 38.4 Å². The number of amides is 2. The van der Waals surface area contributed by atoms with Gasteiger partial charge >= 0.3 is 6.18 Å². The van der Waals surface area contributed by atoms with Crippen molar-refractivity contribution in [3.63, 3.8) is 0 Å². The molecule has 1 saturated carbocycles. The molecule has 1 unspecified atom stereocenters. The highest BCUT2D eigenvalue weighted by atomic mass is 19.4. The van der Waals surface area contributed by atoms with Crippen molar-refractivity contribution in [2.75, 3.05) is 20.2 Å². The summed E-state index contributed by atoms with van der Waals surface area (Å²) in [5.41, 5.74) is 0.856. The van der Waals surface area contributed by atoms with Gasteiger partial charge in [-0.3, -0.25) is 9.59 Å². The van der Waals surface area contributed by atoms with Crippen LogP contribution in [0.3, 0.4) is 0 Å². The Hall–Kier alpha value is -4.08. The summed E-state index contributed by atoms with van der Waals surface area (Å²) in [5.74, 6) is 0.851. The lowest BCUT2D eigenvalue weighted by Crippen LogP contribution is -2.64. The number of halogens is 3. The van der Waals surface area contributed by atoms with E-state index < -0.39 is 11.7 Å². The third kappa shape index (κ3) is 5.41. The molecule has 39 heavy (non-hydrogen) atoms. The first kappa shape index (κ1) is 26.5. The maximum Gasteiger partial charge on any atom is 0.416 e. The Labute approximate surface area is 223 Å². The summed E-state index contributed by atoms with van der Waals surface area (Å²) in [6.45, 7) is 2.99. The first-order valence-corrected chi connectivity index (χ1v) is 12.6. The Morgan fingerprint density at radius 3 is 2.26 bits per heavy atom. The zero-order valence-corrected chi connectivity index (χ0v) is 21.5. The smallest absolute Gasteiger partial charge is 0.416 e. The van der Waals surface area contributed by atoms with E-state index in [0.717, 1.165) is 37.0 Å². The molecular weight excluding hydrogens is 511 g/mol. The number of likely N-dealkylation sites (tertiary alicyclic amines) is 1. The van der Waals surface area contributed by atoms with Gasteiger partial charge in [-0.1, -0.05) is 6.42 Å². The normalized spacial score (nSPS) is 18.0. The molecule has 3 aromatic rings. The number of benzene rings is 2. The molecule has 0 bridgehead atoms. The number of carbonyl (C=O) groups excluding carboxylic acids is 2. The molecule has 2 aliphatic rings. The van der Waals surface area contributed by atoms with Crippen LogP contribution >= 0.6 is 0 Å². The number of nitrogens with zero attached hydrogens (tertiary/aromatic N) is 2. The van der Waals surface area contributed by atoms with Gasteiger partial charge in [-0.25, -0.2) is 4.98 Å². The van der Waals surface area contributed by atoms with E-state index in [9.17, 15) is 22.8 Å². The van der Waals surface area contributed by atoms with E-state index in [4.69, 9.17) is 9.47 Å². The number of methoxy groups -OCH3 is 1. The highest BCUT2D eigenvalue weighted by molar-refractivity contribution is 5.96. The average Bonchev–Trinajstić information content (AvgIpc) is 3.31. The molecule has 1 N–H and O–H groups in total. The number of pyridine rings is 1. The lowest BCUT2D eigenvalue weighted by molar-refractivity contribution is -0.137. The molecule has 7 nitrogen and oxygen atoms in total. The topological polar surface area (TPSA) is 80.8 Å². The number of rotatable bonds is 6. The molecule has 2 heterocycles. The van der Waals surface area contributed by atoms with Gasteiger partial charge in [0.25, 0.3) is 11.8 Å². The number of ether oxygens (including phenoxy) is 2. The van der Waals surface area contributed by atoms with Gasteiger partial charge in [0.1, 0.15) is 11.5 Å². The van der Waals surface area contributed by atoms with Gasteiger partial charge in [0.2, 0.25) is 5.88 Å². The van der Waals surface area contributed by atoms with E-state index in [1.165, 1.54) is 25.4 Å². The summed E-state index contributed by atoms with van der Waals surface area (Å²) < 4.78 is 49.0. The summed E-state index contributed by atoms with van der Waals surface area (Å²) in [7, 11) is 1.54. The van der Waals surface area contributed by atoms with E-state index in [0.29, 0.717) is 35.8 Å². The quantitative estimate of drug-likeness (QED) is 0.439. The van der Waals surface area contributed by atoms with E-state index in [1.54, 1.807) is 35.2 Å². The molecule has 0 radical (unpaired) electrons. The van der Waals surface area contributed by atoms with Gasteiger partial charge in [0.05, 0.1) is 18.2 Å². The molecule has 204 valence electrons. The first-order valence-electron chi connectivity index (χ1n) is 12.6. The van der Waals surface area contributed by atoms with Crippen molar-refractivity contribution in [3.8, 4) is 17.4 Å². The number of hydrogen-bond acceptors (Lipinski definition) is 5. The van der Waals surface area contributed by atoms with Crippen LogP contribution in [0.2, 0.25) is 0 Å². The molecule has 2 aromatic carbocycles. The van der Waals surface area contributed by atoms with Gasteiger partial charge in [-0.2, -0.15) is 13.2 Å². The molecule has 1 aliphatic heterocycles. The Bertz CT molecular complexity index is 1370. The van der Waals surface area contributed by atoms with Crippen molar-refractivity contribution >= 4 is 11.8 Å². The molecule has 10 heteroatoms. The highest BCUT2D eigenvalue weighted by Crippen LogP contribution is 2.46. The predicted molar refractivity (Wildman–Crippen MR) is 137 cm³/mol. The second kappa shape index (κ2) is 10.2. The van der Waals surface area contributed by atoms with Crippen LogP contribution in [0.25, 0.3) is 0 Å². The summed E-state index contributed by atoms with van der Waals surface area (Å²) in [4.78, 5) is 32.0. The fraction of sp³-hybridized carbons (Fsp3) is 0.345. The summed E-state index contributed by atoms with van der Waals surface area (Å²) in [6, 6.07) is 12.6. The minimum atomic E-state index is -4.41. The van der Waals surface area contributed by atoms with Gasteiger partial charge in [0, 0.05) is 41.9 Å². The van der Waals surface area contributed by atoms with Crippen molar-refractivity contribution in [1.29, 1.82) is 0 Å². The van der Waals surface area contributed by atoms with Crippen LogP contribution in [-0.2, 0) is 6.18 Å². The van der Waals surface area contributed by atoms with E-state index in [1.807, 2.05) is 6.92 Å².